The summed E-state index contributed by atoms with van der Waals surface area (Å²) in [5.74, 6) is -0.469. The Balaban J connectivity index is 2.40. The van der Waals surface area contributed by atoms with Crippen LogP contribution in [0.1, 0.15) is 25.3 Å². The molecule has 1 unspecified atom stereocenters. The number of methoxy groups -OCH3 is 1. The number of hydrogen-bond acceptors (Lipinski definition) is 4. The minimum Gasteiger partial charge on any atom is -0.378 e. The number of amides is 1. The lowest BCUT2D eigenvalue weighted by Crippen LogP contribution is -2.39. The molecule has 6 heteroatoms. The first kappa shape index (κ1) is 16.7. The first-order chi connectivity index (χ1) is 10.2. The third-order valence-electron chi connectivity index (χ3n) is 3.90. The molecular formula is C16H21NO4S. The molecule has 0 saturated carbocycles. The number of rotatable bonds is 3. The van der Waals surface area contributed by atoms with Crippen LogP contribution in [0.15, 0.2) is 41.3 Å². The van der Waals surface area contributed by atoms with Crippen molar-refractivity contribution >= 4 is 15.9 Å². The van der Waals surface area contributed by atoms with E-state index in [4.69, 9.17) is 4.74 Å². The number of aryl methyl sites for hydroxylation is 1. The van der Waals surface area contributed by atoms with Crippen molar-refractivity contribution < 1.29 is 17.9 Å². The van der Waals surface area contributed by atoms with Gasteiger partial charge in [-0.15, -0.1) is 0 Å². The van der Waals surface area contributed by atoms with Crippen LogP contribution >= 0.6 is 0 Å². The standard InChI is InChI=1S/C16H21NO4S/c1-12-5-7-14(8-6-12)22(19,20)17-11-13(2)9-16(3,21-4)10-15(17)18/h5-8H,2,9-11H2,1,3-4H3. The molecule has 5 nitrogen and oxygen atoms in total. The smallest absolute Gasteiger partial charge is 0.266 e. The van der Waals surface area contributed by atoms with E-state index in [2.05, 4.69) is 6.58 Å². The van der Waals surface area contributed by atoms with Crippen molar-refractivity contribution in [3.8, 4) is 0 Å². The fourth-order valence-corrected chi connectivity index (χ4v) is 3.97. The maximum atomic E-state index is 12.7. The van der Waals surface area contributed by atoms with Crippen molar-refractivity contribution in [3.05, 3.63) is 42.0 Å². The Labute approximate surface area is 131 Å². The van der Waals surface area contributed by atoms with Gasteiger partial charge in [-0.25, -0.2) is 12.7 Å². The number of carbonyl (C=O) groups excluding carboxylic acids is 1. The largest absolute Gasteiger partial charge is 0.378 e. The van der Waals surface area contributed by atoms with Gasteiger partial charge in [0.15, 0.2) is 0 Å². The molecule has 0 spiro atoms. The average molecular weight is 323 g/mol. The molecule has 22 heavy (non-hydrogen) atoms. The summed E-state index contributed by atoms with van der Waals surface area (Å²) in [6.45, 7) is 7.54. The van der Waals surface area contributed by atoms with Crippen molar-refractivity contribution in [2.24, 2.45) is 0 Å². The topological polar surface area (TPSA) is 63.7 Å². The molecule has 1 saturated heterocycles. The lowest BCUT2D eigenvalue weighted by molar-refractivity contribution is -0.130. The van der Waals surface area contributed by atoms with Gasteiger partial charge in [-0.05, 0) is 32.4 Å². The molecule has 0 aromatic heterocycles. The van der Waals surface area contributed by atoms with Gasteiger partial charge >= 0.3 is 0 Å². The quantitative estimate of drug-likeness (QED) is 0.801. The van der Waals surface area contributed by atoms with Crippen molar-refractivity contribution in [1.82, 2.24) is 4.31 Å². The van der Waals surface area contributed by atoms with E-state index in [1.165, 1.54) is 19.2 Å². The molecule has 1 fully saturated rings. The molecule has 1 aliphatic heterocycles. The van der Waals surface area contributed by atoms with Crippen LogP contribution in [0, 0.1) is 6.92 Å². The minimum absolute atomic E-state index is 0.00596. The van der Waals surface area contributed by atoms with E-state index in [0.717, 1.165) is 9.87 Å². The van der Waals surface area contributed by atoms with Gasteiger partial charge in [0.1, 0.15) is 0 Å². The molecule has 1 atom stereocenters. The highest BCUT2D eigenvalue weighted by molar-refractivity contribution is 7.89. The maximum absolute atomic E-state index is 12.7. The summed E-state index contributed by atoms with van der Waals surface area (Å²) in [6, 6.07) is 6.45. The average Bonchev–Trinajstić information content (AvgIpc) is 2.56. The van der Waals surface area contributed by atoms with Crippen LogP contribution in [0.3, 0.4) is 0 Å². The lowest BCUT2D eigenvalue weighted by atomic mass is 9.95. The number of ether oxygens (including phenoxy) is 1. The molecule has 1 aromatic carbocycles. The monoisotopic (exact) mass is 323 g/mol. The van der Waals surface area contributed by atoms with Crippen molar-refractivity contribution in [2.45, 2.75) is 37.2 Å². The highest BCUT2D eigenvalue weighted by Crippen LogP contribution is 2.31. The van der Waals surface area contributed by atoms with Gasteiger partial charge in [-0.2, -0.15) is 0 Å². The molecule has 120 valence electrons. The number of benzene rings is 1. The Morgan fingerprint density at radius 3 is 2.36 bits per heavy atom. The van der Waals surface area contributed by atoms with Crippen LogP contribution in [0.25, 0.3) is 0 Å². The van der Waals surface area contributed by atoms with Gasteiger partial charge in [-0.1, -0.05) is 29.8 Å². The number of hydrogen-bond donors (Lipinski definition) is 0. The van der Waals surface area contributed by atoms with Crippen LogP contribution in [0.2, 0.25) is 0 Å². The second-order valence-corrected chi connectivity index (χ2v) is 7.84. The number of sulfonamides is 1. The van der Waals surface area contributed by atoms with Gasteiger partial charge in [0.05, 0.1) is 23.5 Å². The molecule has 2 rings (SSSR count). The predicted molar refractivity (Wildman–Crippen MR) is 83.9 cm³/mol. The summed E-state index contributed by atoms with van der Waals surface area (Å²) in [5, 5.41) is 0. The zero-order chi connectivity index (χ0) is 16.5. The van der Waals surface area contributed by atoms with Crippen LogP contribution < -0.4 is 0 Å². The summed E-state index contributed by atoms with van der Waals surface area (Å²) in [5.41, 5.74) is 0.898. The second-order valence-electron chi connectivity index (χ2n) is 5.98. The van der Waals surface area contributed by atoms with Crippen molar-refractivity contribution in [2.75, 3.05) is 13.7 Å². The van der Waals surface area contributed by atoms with Gasteiger partial charge in [0.2, 0.25) is 5.91 Å². The van der Waals surface area contributed by atoms with Gasteiger partial charge in [0, 0.05) is 7.11 Å². The Morgan fingerprint density at radius 2 is 1.82 bits per heavy atom. The predicted octanol–water partition coefficient (Wildman–Crippen LogP) is 2.27. The molecule has 0 aliphatic carbocycles. The van der Waals surface area contributed by atoms with E-state index in [1.54, 1.807) is 19.1 Å². The van der Waals surface area contributed by atoms with Crippen LogP contribution in [0.4, 0.5) is 0 Å². The van der Waals surface area contributed by atoms with E-state index in [1.807, 2.05) is 6.92 Å². The van der Waals surface area contributed by atoms with Crippen LogP contribution in [-0.2, 0) is 19.6 Å². The Hall–Kier alpha value is -1.66. The first-order valence-corrected chi connectivity index (χ1v) is 8.46. The summed E-state index contributed by atoms with van der Waals surface area (Å²) < 4.78 is 31.7. The third-order valence-corrected chi connectivity index (χ3v) is 5.68. The molecular weight excluding hydrogens is 302 g/mol. The summed E-state index contributed by atoms with van der Waals surface area (Å²) in [7, 11) is -2.36. The van der Waals surface area contributed by atoms with E-state index in [0.29, 0.717) is 12.0 Å². The first-order valence-electron chi connectivity index (χ1n) is 7.02. The lowest BCUT2D eigenvalue weighted by Gasteiger charge is -2.25. The van der Waals surface area contributed by atoms with Crippen molar-refractivity contribution in [1.29, 1.82) is 0 Å². The summed E-state index contributed by atoms with van der Waals surface area (Å²) in [6.07, 6.45) is 0.461. The number of nitrogens with zero attached hydrogens (tertiary/aromatic N) is 1. The maximum Gasteiger partial charge on any atom is 0.266 e. The van der Waals surface area contributed by atoms with Gasteiger partial charge in [-0.3, -0.25) is 4.79 Å². The van der Waals surface area contributed by atoms with Crippen molar-refractivity contribution in [3.63, 3.8) is 0 Å². The molecule has 0 N–H and O–H groups in total. The zero-order valence-corrected chi connectivity index (χ0v) is 13.9. The molecule has 0 bridgehead atoms. The summed E-state index contributed by atoms with van der Waals surface area (Å²) >= 11 is 0. The van der Waals surface area contributed by atoms with E-state index in [-0.39, 0.29) is 17.9 Å². The Bertz CT molecular complexity index is 693. The van der Waals surface area contributed by atoms with E-state index in [9.17, 15) is 13.2 Å². The Morgan fingerprint density at radius 1 is 1.23 bits per heavy atom. The number of carbonyl (C=O) groups is 1. The third kappa shape index (κ3) is 3.23. The normalized spacial score (nSPS) is 23.5. The Kier molecular flexibility index (Phi) is 4.44. The molecule has 1 heterocycles. The van der Waals surface area contributed by atoms with Gasteiger partial charge in [0.25, 0.3) is 10.0 Å². The molecule has 1 aromatic rings. The SMILES string of the molecule is C=C1CN(S(=O)(=O)c2ccc(C)cc2)C(=O)CC(C)(OC)C1. The van der Waals surface area contributed by atoms with E-state index < -0.39 is 21.5 Å². The van der Waals surface area contributed by atoms with Crippen LogP contribution in [-0.4, -0.2) is 37.9 Å². The van der Waals surface area contributed by atoms with Gasteiger partial charge < -0.3 is 4.74 Å². The molecule has 1 aliphatic rings. The summed E-state index contributed by atoms with van der Waals surface area (Å²) in [4.78, 5) is 12.6. The molecule has 0 radical (unpaired) electrons. The zero-order valence-electron chi connectivity index (χ0n) is 13.1. The second kappa shape index (κ2) is 5.85. The fraction of sp³-hybridized carbons (Fsp3) is 0.438. The highest BCUT2D eigenvalue weighted by atomic mass is 32.2. The minimum atomic E-state index is -3.88. The van der Waals surface area contributed by atoms with Crippen LogP contribution in [0.5, 0.6) is 0 Å². The molecule has 1 amide bonds. The van der Waals surface area contributed by atoms with E-state index >= 15 is 0 Å². The fourth-order valence-electron chi connectivity index (χ4n) is 2.55. The highest BCUT2D eigenvalue weighted by Gasteiger charge is 2.39.